The van der Waals surface area contributed by atoms with Crippen LogP contribution in [-0.4, -0.2) is 24.3 Å². The van der Waals surface area contributed by atoms with Gasteiger partial charge in [-0.15, -0.1) is 11.3 Å². The molecule has 1 aromatic carbocycles. The molecule has 1 amide bonds. The van der Waals surface area contributed by atoms with Gasteiger partial charge in [0.15, 0.2) is 12.4 Å². The van der Waals surface area contributed by atoms with Crippen LogP contribution in [0.5, 0.6) is 0 Å². The highest BCUT2D eigenvalue weighted by molar-refractivity contribution is 7.10. The number of benzene rings is 1. The molecule has 6 heteroatoms. The predicted molar refractivity (Wildman–Crippen MR) is 96.3 cm³/mol. The summed E-state index contributed by atoms with van der Waals surface area (Å²) in [6.45, 7) is 1.11. The van der Waals surface area contributed by atoms with E-state index >= 15 is 0 Å². The smallest absolute Gasteiger partial charge is 0.339 e. The zero-order valence-electron chi connectivity index (χ0n) is 14.0. The number of amides is 1. The Labute approximate surface area is 150 Å². The number of ketones is 1. The number of aryl methyl sites for hydroxylation is 1. The Morgan fingerprint density at radius 1 is 1.20 bits per heavy atom. The second-order valence-corrected chi connectivity index (χ2v) is 6.98. The molecule has 1 aliphatic carbocycles. The van der Waals surface area contributed by atoms with Gasteiger partial charge in [0.1, 0.15) is 0 Å². The molecule has 0 unspecified atom stereocenters. The summed E-state index contributed by atoms with van der Waals surface area (Å²) < 4.78 is 5.15. The van der Waals surface area contributed by atoms with Gasteiger partial charge in [0, 0.05) is 21.5 Å². The minimum Gasteiger partial charge on any atom is -0.452 e. The Morgan fingerprint density at radius 3 is 2.80 bits per heavy atom. The van der Waals surface area contributed by atoms with Gasteiger partial charge in [-0.2, -0.15) is 0 Å². The number of nitrogens with one attached hydrogen (secondary N) is 1. The summed E-state index contributed by atoms with van der Waals surface area (Å²) in [7, 11) is 0. The average Bonchev–Trinajstić information content (AvgIpc) is 3.04. The van der Waals surface area contributed by atoms with E-state index in [2.05, 4.69) is 5.32 Å². The summed E-state index contributed by atoms with van der Waals surface area (Å²) >= 11 is 1.59. The van der Waals surface area contributed by atoms with Crippen LogP contribution < -0.4 is 5.32 Å². The molecule has 0 aliphatic heterocycles. The third-order valence-electron chi connectivity index (χ3n) is 4.17. The highest BCUT2D eigenvalue weighted by Crippen LogP contribution is 2.30. The van der Waals surface area contributed by atoms with Crippen molar-refractivity contribution in [3.8, 4) is 0 Å². The second kappa shape index (κ2) is 7.61. The van der Waals surface area contributed by atoms with Gasteiger partial charge in [0.25, 0.3) is 5.91 Å². The van der Waals surface area contributed by atoms with Crippen LogP contribution >= 0.6 is 11.3 Å². The Morgan fingerprint density at radius 2 is 2.00 bits per heavy atom. The standard InChI is InChI=1S/C19H19NO4S/c1-12(21)13-5-4-6-14(9-13)20-18(22)10-24-19(23)16-11-25-17-8-3-2-7-15(16)17/h4-6,9,11H,2-3,7-8,10H2,1H3,(H,20,22). The Bertz CT molecular complexity index is 825. The Balaban J connectivity index is 1.57. The first-order valence-corrected chi connectivity index (χ1v) is 9.10. The fraction of sp³-hybridized carbons (Fsp3) is 0.316. The second-order valence-electron chi connectivity index (χ2n) is 6.02. The largest absolute Gasteiger partial charge is 0.452 e. The van der Waals surface area contributed by atoms with Crippen molar-refractivity contribution in [2.75, 3.05) is 11.9 Å². The monoisotopic (exact) mass is 357 g/mol. The summed E-state index contributed by atoms with van der Waals surface area (Å²) in [4.78, 5) is 36.8. The fourth-order valence-electron chi connectivity index (χ4n) is 2.89. The maximum atomic E-state index is 12.2. The molecule has 1 aromatic heterocycles. The van der Waals surface area contributed by atoms with Gasteiger partial charge in [0.05, 0.1) is 5.56 Å². The van der Waals surface area contributed by atoms with E-state index in [4.69, 9.17) is 4.74 Å². The third kappa shape index (κ3) is 4.14. The summed E-state index contributed by atoms with van der Waals surface area (Å²) in [6, 6.07) is 6.65. The van der Waals surface area contributed by atoms with Crippen molar-refractivity contribution in [1.82, 2.24) is 0 Å². The maximum absolute atomic E-state index is 12.2. The number of fused-ring (bicyclic) bond motifs is 1. The molecular weight excluding hydrogens is 338 g/mol. The number of anilines is 1. The lowest BCUT2D eigenvalue weighted by atomic mass is 9.96. The van der Waals surface area contributed by atoms with Gasteiger partial charge in [-0.1, -0.05) is 12.1 Å². The molecule has 1 heterocycles. The van der Waals surface area contributed by atoms with Crippen molar-refractivity contribution in [3.05, 3.63) is 51.2 Å². The number of esters is 1. The first-order chi connectivity index (χ1) is 12.0. The van der Waals surface area contributed by atoms with Crippen LogP contribution in [0.2, 0.25) is 0 Å². The first-order valence-electron chi connectivity index (χ1n) is 8.22. The number of thiophene rings is 1. The van der Waals surface area contributed by atoms with E-state index in [1.54, 1.807) is 35.6 Å². The van der Waals surface area contributed by atoms with E-state index < -0.39 is 11.9 Å². The van der Waals surface area contributed by atoms with Crippen LogP contribution in [0, 0.1) is 0 Å². The minimum atomic E-state index is -0.452. The minimum absolute atomic E-state index is 0.0789. The normalized spacial score (nSPS) is 13.0. The van der Waals surface area contributed by atoms with Gasteiger partial charge in [-0.05, 0) is 50.3 Å². The van der Waals surface area contributed by atoms with Crippen molar-refractivity contribution in [3.63, 3.8) is 0 Å². The zero-order valence-corrected chi connectivity index (χ0v) is 14.8. The summed E-state index contributed by atoms with van der Waals surface area (Å²) in [6.07, 6.45) is 4.15. The topological polar surface area (TPSA) is 72.5 Å². The predicted octanol–water partition coefficient (Wildman–Crippen LogP) is 3.63. The lowest BCUT2D eigenvalue weighted by molar-refractivity contribution is -0.119. The lowest BCUT2D eigenvalue weighted by Crippen LogP contribution is -2.21. The van der Waals surface area contributed by atoms with Crippen LogP contribution in [0.15, 0.2) is 29.6 Å². The molecule has 25 heavy (non-hydrogen) atoms. The fourth-order valence-corrected chi connectivity index (χ4v) is 4.00. The van der Waals surface area contributed by atoms with Gasteiger partial charge in [0.2, 0.25) is 0 Å². The van der Waals surface area contributed by atoms with E-state index in [9.17, 15) is 14.4 Å². The van der Waals surface area contributed by atoms with Crippen LogP contribution in [0.3, 0.4) is 0 Å². The zero-order chi connectivity index (χ0) is 17.8. The van der Waals surface area contributed by atoms with Crippen LogP contribution in [0.4, 0.5) is 5.69 Å². The molecule has 0 atom stereocenters. The molecule has 1 N–H and O–H groups in total. The first kappa shape index (κ1) is 17.4. The molecule has 5 nitrogen and oxygen atoms in total. The van der Waals surface area contributed by atoms with Crippen LogP contribution in [0.1, 0.15) is 50.9 Å². The van der Waals surface area contributed by atoms with Crippen molar-refractivity contribution in [1.29, 1.82) is 0 Å². The molecule has 1 aliphatic rings. The average molecular weight is 357 g/mol. The highest BCUT2D eigenvalue weighted by Gasteiger charge is 2.21. The number of Topliss-reactive ketones (excluding diaryl/α,β-unsaturated/α-hetero) is 1. The number of hydrogen-bond acceptors (Lipinski definition) is 5. The Kier molecular flexibility index (Phi) is 5.28. The van der Waals surface area contributed by atoms with E-state index in [-0.39, 0.29) is 12.4 Å². The number of ether oxygens (including phenoxy) is 1. The van der Waals surface area contributed by atoms with E-state index in [0.29, 0.717) is 16.8 Å². The SMILES string of the molecule is CC(=O)c1cccc(NC(=O)COC(=O)c2csc3c2CCCC3)c1. The Hall–Kier alpha value is -2.47. The van der Waals surface area contributed by atoms with Crippen molar-refractivity contribution >= 4 is 34.7 Å². The summed E-state index contributed by atoms with van der Waals surface area (Å²) in [5, 5.41) is 4.46. The highest BCUT2D eigenvalue weighted by atomic mass is 32.1. The summed E-state index contributed by atoms with van der Waals surface area (Å²) in [5.74, 6) is -0.963. The number of carbonyl (C=O) groups is 3. The summed E-state index contributed by atoms with van der Waals surface area (Å²) in [5.41, 5.74) is 2.68. The molecule has 0 spiro atoms. The van der Waals surface area contributed by atoms with Gasteiger partial charge in [-0.25, -0.2) is 4.79 Å². The van der Waals surface area contributed by atoms with E-state index in [0.717, 1.165) is 31.2 Å². The molecule has 2 aromatic rings. The molecule has 0 bridgehead atoms. The van der Waals surface area contributed by atoms with Crippen LogP contribution in [-0.2, 0) is 22.4 Å². The van der Waals surface area contributed by atoms with Crippen LogP contribution in [0.25, 0.3) is 0 Å². The van der Waals surface area contributed by atoms with Crippen molar-refractivity contribution in [2.24, 2.45) is 0 Å². The molecule has 0 radical (unpaired) electrons. The van der Waals surface area contributed by atoms with Gasteiger partial charge >= 0.3 is 5.97 Å². The number of rotatable bonds is 5. The lowest BCUT2D eigenvalue weighted by Gasteiger charge is -2.12. The van der Waals surface area contributed by atoms with Crippen molar-refractivity contribution in [2.45, 2.75) is 32.6 Å². The van der Waals surface area contributed by atoms with E-state index in [1.807, 2.05) is 5.38 Å². The molecule has 0 fully saturated rings. The molecule has 130 valence electrons. The number of hydrogen-bond donors (Lipinski definition) is 1. The molecule has 3 rings (SSSR count). The maximum Gasteiger partial charge on any atom is 0.339 e. The molecular formula is C19H19NO4S. The molecule has 0 saturated heterocycles. The number of carbonyl (C=O) groups excluding carboxylic acids is 3. The third-order valence-corrected chi connectivity index (χ3v) is 5.26. The van der Waals surface area contributed by atoms with Crippen molar-refractivity contribution < 1.29 is 19.1 Å². The molecule has 0 saturated carbocycles. The van der Waals surface area contributed by atoms with E-state index in [1.165, 1.54) is 11.8 Å². The van der Waals surface area contributed by atoms with Gasteiger partial charge < -0.3 is 10.1 Å². The quantitative estimate of drug-likeness (QED) is 0.655. The van der Waals surface area contributed by atoms with Gasteiger partial charge in [-0.3, -0.25) is 9.59 Å².